The van der Waals surface area contributed by atoms with Crippen LogP contribution in [-0.4, -0.2) is 43.1 Å². The molecular weight excluding hydrogens is 252 g/mol. The predicted octanol–water partition coefficient (Wildman–Crippen LogP) is 3.02. The van der Waals surface area contributed by atoms with Gasteiger partial charge in [0, 0.05) is 37.2 Å². The Morgan fingerprint density at radius 3 is 2.42 bits per heavy atom. The van der Waals surface area contributed by atoms with E-state index in [1.54, 1.807) is 0 Å². The van der Waals surface area contributed by atoms with Gasteiger partial charge in [0.05, 0.1) is 0 Å². The largest absolute Gasteiger partial charge is 0.313 e. The molecular formula is C16H26N2S. The van der Waals surface area contributed by atoms with Crippen LogP contribution in [0.4, 0.5) is 0 Å². The van der Waals surface area contributed by atoms with E-state index in [0.29, 0.717) is 6.04 Å². The average molecular weight is 278 g/mol. The van der Waals surface area contributed by atoms with Gasteiger partial charge in [-0.15, -0.1) is 0 Å². The molecule has 0 spiro atoms. The molecule has 1 aromatic carbocycles. The molecule has 106 valence electrons. The van der Waals surface area contributed by atoms with Crippen LogP contribution in [0.15, 0.2) is 30.3 Å². The molecule has 0 aromatic heterocycles. The SMILES string of the molecule is CNC(c1ccccc1)C(C)(C)CN1CCSCC1. The summed E-state index contributed by atoms with van der Waals surface area (Å²) in [4.78, 5) is 2.61. The Balaban J connectivity index is 2.07. The maximum absolute atomic E-state index is 3.52. The van der Waals surface area contributed by atoms with E-state index in [0.717, 1.165) is 6.54 Å². The van der Waals surface area contributed by atoms with E-state index >= 15 is 0 Å². The Morgan fingerprint density at radius 2 is 1.84 bits per heavy atom. The first-order valence-corrected chi connectivity index (χ1v) is 8.31. The fourth-order valence-electron chi connectivity index (χ4n) is 3.08. The summed E-state index contributed by atoms with van der Waals surface area (Å²) in [5.41, 5.74) is 1.62. The van der Waals surface area contributed by atoms with Crippen LogP contribution in [0.25, 0.3) is 0 Å². The molecule has 1 heterocycles. The van der Waals surface area contributed by atoms with Crippen LogP contribution in [0.5, 0.6) is 0 Å². The zero-order valence-corrected chi connectivity index (χ0v) is 13.2. The summed E-state index contributed by atoms with van der Waals surface area (Å²) >= 11 is 2.08. The maximum Gasteiger partial charge on any atom is 0.0381 e. The molecule has 1 aromatic rings. The number of nitrogens with zero attached hydrogens (tertiary/aromatic N) is 1. The van der Waals surface area contributed by atoms with Crippen molar-refractivity contribution in [1.82, 2.24) is 10.2 Å². The highest BCUT2D eigenvalue weighted by Crippen LogP contribution is 2.34. The normalized spacial score (nSPS) is 19.3. The van der Waals surface area contributed by atoms with E-state index in [4.69, 9.17) is 0 Å². The van der Waals surface area contributed by atoms with Gasteiger partial charge in [-0.25, -0.2) is 0 Å². The molecule has 3 heteroatoms. The molecule has 1 unspecified atom stereocenters. The molecule has 1 aliphatic rings. The molecule has 0 bridgehead atoms. The lowest BCUT2D eigenvalue weighted by atomic mass is 9.80. The van der Waals surface area contributed by atoms with Gasteiger partial charge in [0.25, 0.3) is 0 Å². The van der Waals surface area contributed by atoms with Crippen molar-refractivity contribution in [2.75, 3.05) is 38.2 Å². The van der Waals surface area contributed by atoms with Crippen LogP contribution in [0.3, 0.4) is 0 Å². The Kier molecular flexibility index (Phi) is 5.31. The Morgan fingerprint density at radius 1 is 1.21 bits per heavy atom. The summed E-state index contributed by atoms with van der Waals surface area (Å²) in [5.74, 6) is 2.57. The Hall–Kier alpha value is -0.510. The Bertz CT molecular complexity index is 372. The van der Waals surface area contributed by atoms with Gasteiger partial charge in [-0.05, 0) is 18.0 Å². The van der Waals surface area contributed by atoms with Gasteiger partial charge in [-0.3, -0.25) is 0 Å². The summed E-state index contributed by atoms with van der Waals surface area (Å²) in [6.07, 6.45) is 0. The number of hydrogen-bond acceptors (Lipinski definition) is 3. The van der Waals surface area contributed by atoms with Crippen molar-refractivity contribution in [3.8, 4) is 0 Å². The smallest absolute Gasteiger partial charge is 0.0381 e. The quantitative estimate of drug-likeness (QED) is 0.891. The fourth-order valence-corrected chi connectivity index (χ4v) is 4.06. The van der Waals surface area contributed by atoms with Gasteiger partial charge in [0.1, 0.15) is 0 Å². The molecule has 2 rings (SSSR count). The maximum atomic E-state index is 3.52. The first-order chi connectivity index (χ1) is 9.13. The highest BCUT2D eigenvalue weighted by Gasteiger charge is 2.31. The highest BCUT2D eigenvalue weighted by molar-refractivity contribution is 7.99. The van der Waals surface area contributed by atoms with Gasteiger partial charge < -0.3 is 10.2 Å². The highest BCUT2D eigenvalue weighted by atomic mass is 32.2. The van der Waals surface area contributed by atoms with E-state index in [9.17, 15) is 0 Å². The lowest BCUT2D eigenvalue weighted by Gasteiger charge is -2.40. The standard InChI is InChI=1S/C16H26N2S/c1-16(2,13-18-9-11-19-12-10-18)15(17-3)14-7-5-4-6-8-14/h4-8,15,17H,9-13H2,1-3H3. The molecule has 1 fully saturated rings. The molecule has 1 atom stereocenters. The molecule has 1 N–H and O–H groups in total. The van der Waals surface area contributed by atoms with Crippen LogP contribution in [0.2, 0.25) is 0 Å². The van der Waals surface area contributed by atoms with E-state index in [2.05, 4.69) is 73.2 Å². The van der Waals surface area contributed by atoms with Crippen molar-refractivity contribution in [1.29, 1.82) is 0 Å². The third-order valence-corrected chi connectivity index (χ3v) is 4.88. The second-order valence-corrected chi connectivity index (χ2v) is 7.23. The minimum absolute atomic E-state index is 0.234. The van der Waals surface area contributed by atoms with E-state index < -0.39 is 0 Å². The zero-order chi connectivity index (χ0) is 13.7. The van der Waals surface area contributed by atoms with Gasteiger partial charge in [-0.1, -0.05) is 44.2 Å². The van der Waals surface area contributed by atoms with E-state index in [1.807, 2.05) is 0 Å². The van der Waals surface area contributed by atoms with E-state index in [-0.39, 0.29) is 5.41 Å². The second kappa shape index (κ2) is 6.78. The zero-order valence-electron chi connectivity index (χ0n) is 12.4. The molecule has 1 aliphatic heterocycles. The van der Waals surface area contributed by atoms with Crippen LogP contribution in [0, 0.1) is 5.41 Å². The van der Waals surface area contributed by atoms with Crippen LogP contribution in [0.1, 0.15) is 25.5 Å². The summed E-state index contributed by atoms with van der Waals surface area (Å²) in [6.45, 7) is 8.39. The molecule has 1 saturated heterocycles. The third-order valence-electron chi connectivity index (χ3n) is 3.94. The lowest BCUT2D eigenvalue weighted by molar-refractivity contribution is 0.149. The molecule has 0 amide bonds. The minimum Gasteiger partial charge on any atom is -0.313 e. The molecule has 2 nitrogen and oxygen atoms in total. The molecule has 19 heavy (non-hydrogen) atoms. The Labute approximate surface area is 122 Å². The third kappa shape index (κ3) is 3.98. The van der Waals surface area contributed by atoms with Crippen molar-refractivity contribution < 1.29 is 0 Å². The number of nitrogens with one attached hydrogen (secondary N) is 1. The van der Waals surface area contributed by atoms with Gasteiger partial charge >= 0.3 is 0 Å². The van der Waals surface area contributed by atoms with Crippen molar-refractivity contribution in [3.63, 3.8) is 0 Å². The monoisotopic (exact) mass is 278 g/mol. The van der Waals surface area contributed by atoms with Crippen LogP contribution >= 0.6 is 11.8 Å². The number of thioether (sulfide) groups is 1. The first kappa shape index (κ1) is 14.9. The number of hydrogen-bond donors (Lipinski definition) is 1. The van der Waals surface area contributed by atoms with Gasteiger partial charge in [-0.2, -0.15) is 11.8 Å². The fraction of sp³-hybridized carbons (Fsp3) is 0.625. The summed E-state index contributed by atoms with van der Waals surface area (Å²) in [6, 6.07) is 11.2. The van der Waals surface area contributed by atoms with Crippen molar-refractivity contribution in [3.05, 3.63) is 35.9 Å². The number of benzene rings is 1. The predicted molar refractivity (Wildman–Crippen MR) is 85.8 cm³/mol. The summed E-state index contributed by atoms with van der Waals surface area (Å²) in [5, 5.41) is 3.52. The minimum atomic E-state index is 0.234. The summed E-state index contributed by atoms with van der Waals surface area (Å²) in [7, 11) is 2.07. The first-order valence-electron chi connectivity index (χ1n) is 7.16. The van der Waals surface area contributed by atoms with Crippen LogP contribution in [-0.2, 0) is 0 Å². The molecule has 0 saturated carbocycles. The van der Waals surface area contributed by atoms with E-state index in [1.165, 1.54) is 30.2 Å². The topological polar surface area (TPSA) is 15.3 Å². The van der Waals surface area contributed by atoms with Crippen molar-refractivity contribution in [2.45, 2.75) is 19.9 Å². The summed E-state index contributed by atoms with van der Waals surface area (Å²) < 4.78 is 0. The molecule has 0 aliphatic carbocycles. The van der Waals surface area contributed by atoms with Crippen LogP contribution < -0.4 is 5.32 Å². The lowest BCUT2D eigenvalue weighted by Crippen LogP contribution is -2.44. The van der Waals surface area contributed by atoms with Gasteiger partial charge in [0.2, 0.25) is 0 Å². The number of rotatable bonds is 5. The van der Waals surface area contributed by atoms with Gasteiger partial charge in [0.15, 0.2) is 0 Å². The average Bonchev–Trinajstić information content (AvgIpc) is 2.41. The van der Waals surface area contributed by atoms with Crippen molar-refractivity contribution >= 4 is 11.8 Å². The molecule has 0 radical (unpaired) electrons. The second-order valence-electron chi connectivity index (χ2n) is 6.01. The van der Waals surface area contributed by atoms with Crippen molar-refractivity contribution in [2.24, 2.45) is 5.41 Å².